The Morgan fingerprint density at radius 3 is 2.90 bits per heavy atom. The molecule has 1 aliphatic carbocycles. The van der Waals surface area contributed by atoms with Gasteiger partial charge >= 0.3 is 0 Å². The van der Waals surface area contributed by atoms with Gasteiger partial charge in [0.25, 0.3) is 5.19 Å². The van der Waals surface area contributed by atoms with Crippen molar-refractivity contribution < 1.29 is 4.74 Å². The Labute approximate surface area is 70.7 Å². The lowest BCUT2D eigenvalue weighted by atomic mass is 10.8. The van der Waals surface area contributed by atoms with Crippen LogP contribution in [0.2, 0.25) is 0 Å². The predicted molar refractivity (Wildman–Crippen MR) is 43.4 cm³/mol. The van der Waals surface area contributed by atoms with Crippen molar-refractivity contribution in [2.24, 2.45) is 0 Å². The van der Waals surface area contributed by atoms with Crippen LogP contribution >= 0.6 is 27.3 Å². The second-order valence-electron chi connectivity index (χ2n) is 1.90. The molecule has 0 aromatic carbocycles. The van der Waals surface area contributed by atoms with Crippen LogP contribution < -0.4 is 4.74 Å². The van der Waals surface area contributed by atoms with Crippen LogP contribution in [0.5, 0.6) is 5.19 Å². The lowest BCUT2D eigenvalue weighted by Crippen LogP contribution is -1.96. The van der Waals surface area contributed by atoms with Crippen molar-refractivity contribution in [1.29, 1.82) is 0 Å². The van der Waals surface area contributed by atoms with Gasteiger partial charge in [0, 0.05) is 0 Å². The molecule has 0 unspecified atom stereocenters. The normalized spacial score (nSPS) is 15.7. The molecule has 4 heteroatoms. The summed E-state index contributed by atoms with van der Waals surface area (Å²) in [5.41, 5.74) is 0. The third kappa shape index (κ3) is 1.38. The summed E-state index contributed by atoms with van der Waals surface area (Å²) < 4.78 is 6.32. The first-order valence-corrected chi connectivity index (χ1v) is 4.42. The second kappa shape index (κ2) is 2.36. The van der Waals surface area contributed by atoms with Gasteiger partial charge in [-0.3, -0.25) is 0 Å². The maximum absolute atomic E-state index is 5.31. The van der Waals surface area contributed by atoms with E-state index in [-0.39, 0.29) is 6.10 Å². The fraction of sp³-hybridized carbons (Fsp3) is 0.167. The highest BCUT2D eigenvalue weighted by Crippen LogP contribution is 2.27. The minimum Gasteiger partial charge on any atom is -0.458 e. The molecule has 0 spiro atoms. The molecule has 2 nitrogen and oxygen atoms in total. The molecule has 1 aromatic rings. The molecule has 0 fully saturated rings. The van der Waals surface area contributed by atoms with Crippen LogP contribution in [0.15, 0.2) is 22.1 Å². The largest absolute Gasteiger partial charge is 0.458 e. The predicted octanol–water partition coefficient (Wildman–Crippen LogP) is 2.22. The Hall–Kier alpha value is -0.350. The van der Waals surface area contributed by atoms with Crippen molar-refractivity contribution in [3.8, 4) is 5.19 Å². The number of ether oxygens (including phenoxy) is 1. The number of hydrogen-bond donors (Lipinski definition) is 0. The monoisotopic (exact) mass is 217 g/mol. The van der Waals surface area contributed by atoms with Gasteiger partial charge in [-0.25, -0.2) is 4.98 Å². The molecular formula is C6H4BrNOS. The van der Waals surface area contributed by atoms with Crippen molar-refractivity contribution in [3.05, 3.63) is 22.1 Å². The molecule has 2 rings (SSSR count). The molecule has 1 aromatic heterocycles. The van der Waals surface area contributed by atoms with Gasteiger partial charge in [0.1, 0.15) is 6.10 Å². The van der Waals surface area contributed by atoms with Gasteiger partial charge in [0.05, 0.1) is 9.98 Å². The van der Waals surface area contributed by atoms with Gasteiger partial charge in [-0.2, -0.15) is 0 Å². The molecule has 0 saturated heterocycles. The first-order chi connectivity index (χ1) is 4.84. The number of nitrogens with zero attached hydrogens (tertiary/aromatic N) is 1. The van der Waals surface area contributed by atoms with E-state index in [1.807, 2.05) is 12.2 Å². The molecule has 10 heavy (non-hydrogen) atoms. The highest BCUT2D eigenvalue weighted by atomic mass is 79.9. The standard InChI is InChI=1S/C6H4BrNOS/c7-5-3-8-6(10-5)9-4-1-2-4/h1-4H. The van der Waals surface area contributed by atoms with Crippen LogP contribution in [-0.4, -0.2) is 11.1 Å². The van der Waals surface area contributed by atoms with E-state index in [4.69, 9.17) is 4.74 Å². The molecule has 0 atom stereocenters. The number of thiazole rings is 1. The molecular weight excluding hydrogens is 214 g/mol. The third-order valence-electron chi connectivity index (χ3n) is 1.04. The van der Waals surface area contributed by atoms with Crippen molar-refractivity contribution in [2.45, 2.75) is 6.10 Å². The molecule has 52 valence electrons. The van der Waals surface area contributed by atoms with E-state index in [1.54, 1.807) is 6.20 Å². The molecule has 1 aliphatic rings. The molecule has 0 saturated carbocycles. The highest BCUT2D eigenvalue weighted by molar-refractivity contribution is 9.11. The fourth-order valence-electron chi connectivity index (χ4n) is 0.534. The Kier molecular flexibility index (Phi) is 1.50. The number of aromatic nitrogens is 1. The highest BCUT2D eigenvalue weighted by Gasteiger charge is 2.13. The van der Waals surface area contributed by atoms with Crippen molar-refractivity contribution in [3.63, 3.8) is 0 Å². The quantitative estimate of drug-likeness (QED) is 0.710. The summed E-state index contributed by atoms with van der Waals surface area (Å²) in [5.74, 6) is 0. The van der Waals surface area contributed by atoms with E-state index < -0.39 is 0 Å². The van der Waals surface area contributed by atoms with Gasteiger partial charge in [-0.05, 0) is 28.1 Å². The van der Waals surface area contributed by atoms with E-state index >= 15 is 0 Å². The summed E-state index contributed by atoms with van der Waals surface area (Å²) in [6.45, 7) is 0. The van der Waals surface area contributed by atoms with E-state index in [0.717, 1.165) is 8.98 Å². The molecule has 0 bridgehead atoms. The maximum Gasteiger partial charge on any atom is 0.275 e. The van der Waals surface area contributed by atoms with Crippen LogP contribution in [0.4, 0.5) is 0 Å². The van der Waals surface area contributed by atoms with Crippen LogP contribution in [0.25, 0.3) is 0 Å². The lowest BCUT2D eigenvalue weighted by molar-refractivity contribution is 0.324. The van der Waals surface area contributed by atoms with Crippen LogP contribution in [0.1, 0.15) is 0 Å². The SMILES string of the molecule is Brc1cnc(OC2C=C2)s1. The minimum absolute atomic E-state index is 0.207. The lowest BCUT2D eigenvalue weighted by Gasteiger charge is -1.95. The zero-order valence-electron chi connectivity index (χ0n) is 4.95. The Morgan fingerprint density at radius 2 is 2.40 bits per heavy atom. The third-order valence-corrected chi connectivity index (χ3v) is 2.41. The Morgan fingerprint density at radius 1 is 1.60 bits per heavy atom. The number of halogens is 1. The average Bonchev–Trinajstić information content (AvgIpc) is 2.59. The topological polar surface area (TPSA) is 22.1 Å². The maximum atomic E-state index is 5.31. The summed E-state index contributed by atoms with van der Waals surface area (Å²) in [5, 5.41) is 0.724. The van der Waals surface area contributed by atoms with Gasteiger partial charge in [0.15, 0.2) is 0 Å². The average molecular weight is 218 g/mol. The first kappa shape index (κ1) is 6.37. The number of hydrogen-bond acceptors (Lipinski definition) is 3. The summed E-state index contributed by atoms with van der Waals surface area (Å²) in [6.07, 6.45) is 5.91. The smallest absolute Gasteiger partial charge is 0.275 e. The zero-order chi connectivity index (χ0) is 6.97. The van der Waals surface area contributed by atoms with E-state index in [0.29, 0.717) is 0 Å². The van der Waals surface area contributed by atoms with Crippen molar-refractivity contribution in [2.75, 3.05) is 0 Å². The number of rotatable bonds is 2. The molecule has 0 N–H and O–H groups in total. The first-order valence-electron chi connectivity index (χ1n) is 2.81. The summed E-state index contributed by atoms with van der Waals surface area (Å²) in [6, 6.07) is 0. The summed E-state index contributed by atoms with van der Waals surface area (Å²) in [7, 11) is 0. The van der Waals surface area contributed by atoms with Crippen molar-refractivity contribution >= 4 is 27.3 Å². The van der Waals surface area contributed by atoms with Crippen molar-refractivity contribution in [1.82, 2.24) is 4.98 Å². The molecule has 0 radical (unpaired) electrons. The van der Waals surface area contributed by atoms with Crippen LogP contribution in [0, 0.1) is 0 Å². The summed E-state index contributed by atoms with van der Waals surface area (Å²) >= 11 is 4.80. The van der Waals surface area contributed by atoms with Gasteiger partial charge in [0.2, 0.25) is 0 Å². The summed E-state index contributed by atoms with van der Waals surface area (Å²) in [4.78, 5) is 4.01. The zero-order valence-corrected chi connectivity index (χ0v) is 7.35. The van der Waals surface area contributed by atoms with E-state index in [1.165, 1.54) is 11.3 Å². The fourth-order valence-corrected chi connectivity index (χ4v) is 1.59. The van der Waals surface area contributed by atoms with E-state index in [9.17, 15) is 0 Å². The molecule has 1 heterocycles. The van der Waals surface area contributed by atoms with Gasteiger partial charge in [-0.1, -0.05) is 11.3 Å². The van der Waals surface area contributed by atoms with Crippen LogP contribution in [-0.2, 0) is 0 Å². The Balaban J connectivity index is 2.03. The van der Waals surface area contributed by atoms with Gasteiger partial charge in [-0.15, -0.1) is 0 Å². The molecule has 0 amide bonds. The van der Waals surface area contributed by atoms with E-state index in [2.05, 4.69) is 20.9 Å². The molecule has 0 aliphatic heterocycles. The van der Waals surface area contributed by atoms with Crippen LogP contribution in [0.3, 0.4) is 0 Å². The van der Waals surface area contributed by atoms with Gasteiger partial charge < -0.3 is 4.74 Å². The second-order valence-corrected chi connectivity index (χ2v) is 4.27. The minimum atomic E-state index is 0.207. The Bertz CT molecular complexity index is 264.